The number of carbonyl (C=O) groups is 3. The summed E-state index contributed by atoms with van der Waals surface area (Å²) in [6, 6.07) is 21.1. The second-order valence-corrected chi connectivity index (χ2v) is 9.34. The molecular formula is C30H34N4O3. The topological polar surface area (TPSA) is 107 Å². The van der Waals surface area contributed by atoms with Gasteiger partial charge in [0.2, 0.25) is 5.91 Å². The van der Waals surface area contributed by atoms with Crippen molar-refractivity contribution >= 4 is 28.5 Å². The molecule has 0 aliphatic carbocycles. The predicted octanol–water partition coefficient (Wildman–Crippen LogP) is 5.16. The molecule has 2 aromatic carbocycles. The van der Waals surface area contributed by atoms with E-state index in [0.29, 0.717) is 31.5 Å². The molecule has 2 heterocycles. The van der Waals surface area contributed by atoms with Crippen molar-refractivity contribution in [1.29, 1.82) is 0 Å². The minimum absolute atomic E-state index is 0.168. The fourth-order valence-corrected chi connectivity index (χ4v) is 4.62. The molecule has 0 saturated heterocycles. The van der Waals surface area contributed by atoms with Crippen LogP contribution in [0.5, 0.6) is 0 Å². The zero-order valence-electron chi connectivity index (χ0n) is 21.2. The molecule has 0 spiro atoms. The zero-order valence-corrected chi connectivity index (χ0v) is 21.2. The number of fused-ring (bicyclic) bond motifs is 1. The Morgan fingerprint density at radius 1 is 0.892 bits per heavy atom. The normalized spacial score (nSPS) is 11.8. The van der Waals surface area contributed by atoms with Crippen molar-refractivity contribution in [2.24, 2.45) is 0 Å². The molecule has 0 radical (unpaired) electrons. The lowest BCUT2D eigenvalue weighted by Gasteiger charge is -2.18. The molecule has 4 rings (SSSR count). The highest BCUT2D eigenvalue weighted by Gasteiger charge is 2.22. The highest BCUT2D eigenvalue weighted by atomic mass is 16.2. The first-order chi connectivity index (χ1) is 18.0. The van der Waals surface area contributed by atoms with Crippen LogP contribution in [0.1, 0.15) is 55.1 Å². The van der Waals surface area contributed by atoms with Crippen LogP contribution in [0.15, 0.2) is 72.9 Å². The van der Waals surface area contributed by atoms with Crippen molar-refractivity contribution in [3.05, 3.63) is 84.2 Å². The number of Topliss-reactive ketones (excluding diaryl/α,β-unsaturated/α-hetero) is 1. The summed E-state index contributed by atoms with van der Waals surface area (Å²) in [6.07, 6.45) is 5.75. The van der Waals surface area contributed by atoms with E-state index in [-0.39, 0.29) is 17.6 Å². The summed E-state index contributed by atoms with van der Waals surface area (Å²) in [7, 11) is 0. The minimum atomic E-state index is -0.648. The van der Waals surface area contributed by atoms with Gasteiger partial charge in [-0.25, -0.2) is 0 Å². The van der Waals surface area contributed by atoms with Crippen molar-refractivity contribution in [2.45, 2.75) is 51.5 Å². The Labute approximate surface area is 217 Å². The Hall–Kier alpha value is -4.13. The molecule has 0 aliphatic heterocycles. The second-order valence-electron chi connectivity index (χ2n) is 9.34. The van der Waals surface area contributed by atoms with Gasteiger partial charge in [0.25, 0.3) is 5.91 Å². The molecule has 192 valence electrons. The smallest absolute Gasteiger partial charge is 0.268 e. The number of unbranched alkanes of at least 4 members (excludes halogenated alkanes) is 2. The number of amides is 2. The lowest BCUT2D eigenvalue weighted by molar-refractivity contribution is -0.123. The van der Waals surface area contributed by atoms with E-state index in [9.17, 15) is 14.4 Å². The molecule has 0 saturated carbocycles. The lowest BCUT2D eigenvalue weighted by atomic mass is 10.0. The molecule has 7 heteroatoms. The third kappa shape index (κ3) is 6.97. The van der Waals surface area contributed by atoms with Gasteiger partial charge in [-0.3, -0.25) is 9.59 Å². The lowest BCUT2D eigenvalue weighted by Crippen LogP contribution is -2.47. The van der Waals surface area contributed by atoms with Crippen molar-refractivity contribution in [2.75, 3.05) is 6.54 Å². The van der Waals surface area contributed by atoms with Gasteiger partial charge < -0.3 is 25.4 Å². The van der Waals surface area contributed by atoms with E-state index >= 15 is 0 Å². The van der Waals surface area contributed by atoms with Crippen LogP contribution in [0.4, 0.5) is 0 Å². The third-order valence-corrected chi connectivity index (χ3v) is 6.54. The van der Waals surface area contributed by atoms with E-state index in [0.717, 1.165) is 47.0 Å². The Morgan fingerprint density at radius 2 is 1.68 bits per heavy atom. The summed E-state index contributed by atoms with van der Waals surface area (Å²) < 4.78 is 0. The van der Waals surface area contributed by atoms with Crippen LogP contribution < -0.4 is 10.6 Å². The van der Waals surface area contributed by atoms with Gasteiger partial charge in [-0.15, -0.1) is 0 Å². The molecule has 2 amide bonds. The van der Waals surface area contributed by atoms with Crippen molar-refractivity contribution in [1.82, 2.24) is 20.6 Å². The van der Waals surface area contributed by atoms with Gasteiger partial charge in [-0.2, -0.15) is 0 Å². The Bertz CT molecular complexity index is 1330. The summed E-state index contributed by atoms with van der Waals surface area (Å²) >= 11 is 0. The maximum absolute atomic E-state index is 13.2. The van der Waals surface area contributed by atoms with E-state index in [1.165, 1.54) is 0 Å². The van der Waals surface area contributed by atoms with Crippen molar-refractivity contribution in [3.8, 4) is 11.3 Å². The first-order valence-electron chi connectivity index (χ1n) is 12.9. The molecule has 7 nitrogen and oxygen atoms in total. The average molecular weight is 499 g/mol. The molecule has 4 aromatic rings. The summed E-state index contributed by atoms with van der Waals surface area (Å²) in [6.45, 7) is 2.03. The number of nitrogens with one attached hydrogen (secondary N) is 4. The Kier molecular flexibility index (Phi) is 8.92. The standard InChI is InChI=1S/C30H34N4O3/c1-21(35)11-4-2-7-16-27(34-30(37)26-17-10-19-31-26)29(36)32-20-18-24-23-14-8-9-15-25(23)33-28(24)22-12-5-3-6-13-22/h3,5-6,8-10,12-15,17,19,27,31,33H,2,4,7,11,16,18,20H2,1H3,(H,32,36)(H,34,37)/t27-/m0/s1. The average Bonchev–Trinajstić information content (AvgIpc) is 3.57. The zero-order chi connectivity index (χ0) is 26.0. The molecule has 0 aliphatic rings. The monoisotopic (exact) mass is 498 g/mol. The maximum Gasteiger partial charge on any atom is 0.268 e. The van der Waals surface area contributed by atoms with E-state index < -0.39 is 6.04 Å². The highest BCUT2D eigenvalue weighted by Crippen LogP contribution is 2.30. The second kappa shape index (κ2) is 12.7. The first kappa shape index (κ1) is 25.9. The molecular weight excluding hydrogens is 464 g/mol. The Balaban J connectivity index is 1.42. The minimum Gasteiger partial charge on any atom is -0.357 e. The van der Waals surface area contributed by atoms with Gasteiger partial charge in [-0.1, -0.05) is 61.4 Å². The Morgan fingerprint density at radius 3 is 2.43 bits per heavy atom. The van der Waals surface area contributed by atoms with Gasteiger partial charge in [0.1, 0.15) is 17.5 Å². The third-order valence-electron chi connectivity index (χ3n) is 6.54. The van der Waals surface area contributed by atoms with Crippen molar-refractivity contribution < 1.29 is 14.4 Å². The van der Waals surface area contributed by atoms with Crippen molar-refractivity contribution in [3.63, 3.8) is 0 Å². The van der Waals surface area contributed by atoms with Crippen LogP contribution in [0, 0.1) is 0 Å². The molecule has 0 bridgehead atoms. The van der Waals surface area contributed by atoms with E-state index in [2.05, 4.69) is 44.9 Å². The highest BCUT2D eigenvalue weighted by molar-refractivity contribution is 5.96. The van der Waals surface area contributed by atoms with Gasteiger partial charge >= 0.3 is 0 Å². The van der Waals surface area contributed by atoms with Gasteiger partial charge in [0.15, 0.2) is 0 Å². The van der Waals surface area contributed by atoms with E-state index in [4.69, 9.17) is 0 Å². The molecule has 0 fully saturated rings. The van der Waals surface area contributed by atoms with E-state index in [1.807, 2.05) is 30.3 Å². The number of hydrogen-bond donors (Lipinski definition) is 4. The fourth-order valence-electron chi connectivity index (χ4n) is 4.62. The summed E-state index contributed by atoms with van der Waals surface area (Å²) in [5.41, 5.74) is 4.78. The van der Waals surface area contributed by atoms with Crippen LogP contribution in [-0.2, 0) is 16.0 Å². The number of aromatic nitrogens is 2. The summed E-state index contributed by atoms with van der Waals surface area (Å²) in [5.74, 6) is -0.342. The van der Waals surface area contributed by atoms with Crippen LogP contribution >= 0.6 is 0 Å². The summed E-state index contributed by atoms with van der Waals surface area (Å²) in [4.78, 5) is 43.4. The number of H-pyrrole nitrogens is 2. The molecule has 1 atom stereocenters. The number of hydrogen-bond acceptors (Lipinski definition) is 3. The molecule has 2 aromatic heterocycles. The summed E-state index contributed by atoms with van der Waals surface area (Å²) in [5, 5.41) is 7.05. The number of ketones is 1. The maximum atomic E-state index is 13.2. The number of rotatable bonds is 13. The van der Waals surface area contributed by atoms with Crippen LogP contribution in [0.2, 0.25) is 0 Å². The number of aromatic amines is 2. The first-order valence-corrected chi connectivity index (χ1v) is 12.9. The van der Waals surface area contributed by atoms with Gasteiger partial charge in [0.05, 0.1) is 0 Å². The SMILES string of the molecule is CC(=O)CCCCC[C@H](NC(=O)c1ccc[nH]1)C(=O)NCCc1c(-c2ccccc2)[nH]c2ccccc12. The van der Waals surface area contributed by atoms with Gasteiger partial charge in [-0.05, 0) is 55.5 Å². The fraction of sp³-hybridized carbons (Fsp3) is 0.300. The van der Waals surface area contributed by atoms with Crippen LogP contribution in [-0.4, -0.2) is 40.2 Å². The molecule has 0 unspecified atom stereocenters. The number of carbonyl (C=O) groups excluding carboxylic acids is 3. The molecule has 4 N–H and O–H groups in total. The van der Waals surface area contributed by atoms with E-state index in [1.54, 1.807) is 25.3 Å². The molecule has 37 heavy (non-hydrogen) atoms. The quantitative estimate of drug-likeness (QED) is 0.191. The van der Waals surface area contributed by atoms with Crippen LogP contribution in [0.3, 0.4) is 0 Å². The van der Waals surface area contributed by atoms with Crippen LogP contribution in [0.25, 0.3) is 22.2 Å². The number of para-hydroxylation sites is 1. The predicted molar refractivity (Wildman–Crippen MR) is 146 cm³/mol. The largest absolute Gasteiger partial charge is 0.357 e. The van der Waals surface area contributed by atoms with Gasteiger partial charge in [0, 0.05) is 35.8 Å². The number of benzene rings is 2.